The zero-order valence-electron chi connectivity index (χ0n) is 9.07. The molecule has 0 saturated carbocycles. The van der Waals surface area contributed by atoms with Gasteiger partial charge < -0.3 is 4.74 Å². The van der Waals surface area contributed by atoms with E-state index in [1.54, 1.807) is 0 Å². The van der Waals surface area contributed by atoms with E-state index in [-0.39, 0.29) is 10.9 Å². The zero-order valence-corrected chi connectivity index (χ0v) is 11.4. The van der Waals surface area contributed by atoms with E-state index in [0.717, 1.165) is 0 Å². The Hall–Kier alpha value is -1.03. The summed E-state index contributed by atoms with van der Waals surface area (Å²) < 4.78 is 77.9. The van der Waals surface area contributed by atoms with Crippen LogP contribution in [0.2, 0.25) is 0 Å². The van der Waals surface area contributed by atoms with Crippen molar-refractivity contribution in [2.45, 2.75) is 17.9 Å². The highest BCUT2D eigenvalue weighted by molar-refractivity contribution is 9.08. The number of halogens is 8. The summed E-state index contributed by atoms with van der Waals surface area (Å²) in [6, 6.07) is 0. The van der Waals surface area contributed by atoms with Crippen LogP contribution in [0.15, 0.2) is 6.20 Å². The average Bonchev–Trinajstić information content (AvgIpc) is 2.24. The minimum atomic E-state index is -5.39. The predicted molar refractivity (Wildman–Crippen MR) is 58.7 cm³/mol. The minimum absolute atomic E-state index is 0.261. The van der Waals surface area contributed by atoms with Gasteiger partial charge in [0, 0.05) is 11.5 Å². The molecule has 0 aromatic carbocycles. The van der Waals surface area contributed by atoms with E-state index >= 15 is 0 Å². The number of aromatic nitrogens is 1. The second kappa shape index (κ2) is 5.76. The first-order valence-electron chi connectivity index (χ1n) is 4.58. The molecule has 0 aliphatic heterocycles. The van der Waals surface area contributed by atoms with Gasteiger partial charge in [-0.25, -0.2) is 4.98 Å². The summed E-state index contributed by atoms with van der Waals surface area (Å²) in [5.41, 5.74) is -3.41. The fourth-order valence-corrected chi connectivity index (χ4v) is 1.95. The summed E-state index contributed by atoms with van der Waals surface area (Å²) in [7, 11) is 0. The monoisotopic (exact) mass is 385 g/mol. The van der Waals surface area contributed by atoms with Crippen LogP contribution in [-0.2, 0) is 11.5 Å². The SMILES string of the molecule is O=C(Cl)c1c(CBr)cnc(OC(F)(F)F)c1C(F)(F)F. The Bertz CT molecular complexity index is 530. The van der Waals surface area contributed by atoms with Gasteiger partial charge in [0.15, 0.2) is 0 Å². The Morgan fingerprint density at radius 2 is 1.85 bits per heavy atom. The predicted octanol–water partition coefficient (Wildman–Crippen LogP) is 4.27. The Labute approximate surface area is 121 Å². The number of rotatable bonds is 3. The third-order valence-electron chi connectivity index (χ3n) is 1.96. The molecule has 0 atom stereocenters. The molecule has 11 heteroatoms. The smallest absolute Gasteiger partial charge is 0.387 e. The van der Waals surface area contributed by atoms with E-state index in [1.807, 2.05) is 0 Å². The summed E-state index contributed by atoms with van der Waals surface area (Å²) in [4.78, 5) is 14.0. The topological polar surface area (TPSA) is 39.2 Å². The van der Waals surface area contributed by atoms with Gasteiger partial charge in [0.1, 0.15) is 5.56 Å². The third-order valence-corrected chi connectivity index (χ3v) is 2.75. The number of carbonyl (C=O) groups excluding carboxylic acids is 1. The summed E-state index contributed by atoms with van der Waals surface area (Å²) in [5.74, 6) is -1.78. The standard InChI is InChI=1S/C9H3BrClF6NO2/c10-1-3-2-18-7(20-9(15,16)17)5(8(12,13)14)4(3)6(11)19/h2H,1H2. The van der Waals surface area contributed by atoms with Crippen molar-refractivity contribution >= 4 is 32.8 Å². The van der Waals surface area contributed by atoms with Crippen LogP contribution in [0.1, 0.15) is 21.5 Å². The molecule has 1 rings (SSSR count). The molecule has 0 spiro atoms. The number of nitrogens with zero attached hydrogens (tertiary/aromatic N) is 1. The zero-order chi connectivity index (χ0) is 15.7. The fourth-order valence-electron chi connectivity index (χ4n) is 1.31. The molecule has 20 heavy (non-hydrogen) atoms. The molecule has 112 valence electrons. The van der Waals surface area contributed by atoms with Crippen LogP contribution >= 0.6 is 27.5 Å². The van der Waals surface area contributed by atoms with Crippen molar-refractivity contribution in [3.05, 3.63) is 22.9 Å². The number of hydrogen-bond donors (Lipinski definition) is 0. The largest absolute Gasteiger partial charge is 0.574 e. The highest BCUT2D eigenvalue weighted by atomic mass is 79.9. The Kier molecular flexibility index (Phi) is 4.90. The van der Waals surface area contributed by atoms with Crippen molar-refractivity contribution in [2.75, 3.05) is 0 Å². The van der Waals surface area contributed by atoms with Gasteiger partial charge in [-0.2, -0.15) is 13.2 Å². The van der Waals surface area contributed by atoms with Crippen LogP contribution in [0.4, 0.5) is 26.3 Å². The molecule has 0 fully saturated rings. The van der Waals surface area contributed by atoms with Gasteiger partial charge in [-0.3, -0.25) is 4.79 Å². The molecule has 0 amide bonds. The van der Waals surface area contributed by atoms with Gasteiger partial charge in [0.05, 0.1) is 5.56 Å². The van der Waals surface area contributed by atoms with Crippen LogP contribution < -0.4 is 4.74 Å². The van der Waals surface area contributed by atoms with Crippen molar-refractivity contribution in [1.29, 1.82) is 0 Å². The second-order valence-corrected chi connectivity index (χ2v) is 4.20. The number of alkyl halides is 7. The molecule has 0 N–H and O–H groups in total. The lowest BCUT2D eigenvalue weighted by Gasteiger charge is -2.17. The first-order valence-corrected chi connectivity index (χ1v) is 6.08. The van der Waals surface area contributed by atoms with E-state index < -0.39 is 34.8 Å². The Morgan fingerprint density at radius 3 is 2.20 bits per heavy atom. The number of pyridine rings is 1. The molecule has 1 heterocycles. The molecule has 0 bridgehead atoms. The van der Waals surface area contributed by atoms with Gasteiger partial charge in [-0.05, 0) is 17.2 Å². The van der Waals surface area contributed by atoms with Crippen molar-refractivity contribution in [3.63, 3.8) is 0 Å². The van der Waals surface area contributed by atoms with Crippen molar-refractivity contribution < 1.29 is 35.9 Å². The van der Waals surface area contributed by atoms with E-state index in [4.69, 9.17) is 11.6 Å². The van der Waals surface area contributed by atoms with Gasteiger partial charge >= 0.3 is 12.5 Å². The Morgan fingerprint density at radius 1 is 1.30 bits per heavy atom. The quantitative estimate of drug-likeness (QED) is 0.442. The van der Waals surface area contributed by atoms with E-state index in [2.05, 4.69) is 25.7 Å². The Balaban J connectivity index is 3.62. The highest BCUT2D eigenvalue weighted by Gasteiger charge is 2.44. The van der Waals surface area contributed by atoms with E-state index in [9.17, 15) is 31.1 Å². The minimum Gasteiger partial charge on any atom is -0.387 e. The molecule has 3 nitrogen and oxygen atoms in total. The summed E-state index contributed by atoms with van der Waals surface area (Å²) >= 11 is 7.80. The highest BCUT2D eigenvalue weighted by Crippen LogP contribution is 2.41. The summed E-state index contributed by atoms with van der Waals surface area (Å²) in [6.07, 6.45) is -10.1. The lowest BCUT2D eigenvalue weighted by atomic mass is 10.1. The van der Waals surface area contributed by atoms with Crippen molar-refractivity contribution in [1.82, 2.24) is 4.98 Å². The van der Waals surface area contributed by atoms with Gasteiger partial charge in [-0.1, -0.05) is 15.9 Å². The lowest BCUT2D eigenvalue weighted by molar-refractivity contribution is -0.277. The van der Waals surface area contributed by atoms with Crippen LogP contribution in [-0.4, -0.2) is 16.6 Å². The molecule has 0 radical (unpaired) electrons. The summed E-state index contributed by atoms with van der Waals surface area (Å²) in [6.45, 7) is 0. The first-order chi connectivity index (χ1) is 8.97. The van der Waals surface area contributed by atoms with Gasteiger partial charge in [0.2, 0.25) is 5.88 Å². The van der Waals surface area contributed by atoms with Crippen LogP contribution in [0.5, 0.6) is 5.88 Å². The summed E-state index contributed by atoms with van der Waals surface area (Å²) in [5, 5.41) is -1.83. The number of hydrogen-bond acceptors (Lipinski definition) is 3. The molecular formula is C9H3BrClF6NO2. The van der Waals surface area contributed by atoms with Crippen LogP contribution in [0.25, 0.3) is 0 Å². The van der Waals surface area contributed by atoms with Gasteiger partial charge in [0.25, 0.3) is 5.24 Å². The number of carbonyl (C=O) groups is 1. The first kappa shape index (κ1) is 17.0. The van der Waals surface area contributed by atoms with Gasteiger partial charge in [-0.15, -0.1) is 13.2 Å². The maximum absolute atomic E-state index is 12.8. The maximum atomic E-state index is 12.8. The molecule has 0 aliphatic rings. The second-order valence-electron chi connectivity index (χ2n) is 3.29. The van der Waals surface area contributed by atoms with Crippen LogP contribution in [0, 0.1) is 0 Å². The van der Waals surface area contributed by atoms with Crippen molar-refractivity contribution in [3.8, 4) is 5.88 Å². The van der Waals surface area contributed by atoms with Crippen molar-refractivity contribution in [2.24, 2.45) is 0 Å². The number of ether oxygens (including phenoxy) is 1. The molecule has 0 unspecified atom stereocenters. The molecule has 0 aliphatic carbocycles. The van der Waals surface area contributed by atoms with E-state index in [1.165, 1.54) is 0 Å². The molecule has 1 aromatic heterocycles. The fraction of sp³-hybridized carbons (Fsp3) is 0.333. The molecule has 1 aromatic rings. The maximum Gasteiger partial charge on any atom is 0.574 e. The normalized spacial score (nSPS) is 12.4. The lowest BCUT2D eigenvalue weighted by Crippen LogP contribution is -2.23. The molecular weight excluding hydrogens is 383 g/mol. The molecule has 0 saturated heterocycles. The average molecular weight is 386 g/mol. The van der Waals surface area contributed by atoms with E-state index in [0.29, 0.717) is 6.20 Å². The van der Waals surface area contributed by atoms with Crippen LogP contribution in [0.3, 0.4) is 0 Å². The third kappa shape index (κ3) is 3.98.